The van der Waals surface area contributed by atoms with Crippen molar-refractivity contribution < 1.29 is 23.6 Å². The Morgan fingerprint density at radius 1 is 1.38 bits per heavy atom. The first-order valence-electron chi connectivity index (χ1n) is 5.91. The summed E-state index contributed by atoms with van der Waals surface area (Å²) in [6.07, 6.45) is 1.92. The lowest BCUT2D eigenvalue weighted by Gasteiger charge is -2.04. The van der Waals surface area contributed by atoms with Gasteiger partial charge >= 0.3 is 5.97 Å². The number of aliphatic carboxylic acids is 1. The van der Waals surface area contributed by atoms with Crippen molar-refractivity contribution in [3.05, 3.63) is 53.2 Å². The maximum absolute atomic E-state index is 13.5. The lowest BCUT2D eigenvalue weighted by atomic mass is 10.1. The Labute approximate surface area is 118 Å². The Morgan fingerprint density at radius 2 is 2.14 bits per heavy atom. The lowest BCUT2D eigenvalue weighted by molar-refractivity contribution is -0.131. The third-order valence-corrected chi connectivity index (χ3v) is 2.52. The summed E-state index contributed by atoms with van der Waals surface area (Å²) in [6, 6.07) is 5.27. The summed E-state index contributed by atoms with van der Waals surface area (Å²) < 4.78 is 18.3. The van der Waals surface area contributed by atoms with Crippen LogP contribution in [0.15, 0.2) is 34.9 Å². The van der Waals surface area contributed by atoms with Crippen LogP contribution >= 0.6 is 0 Å². The highest BCUT2D eigenvalue weighted by Crippen LogP contribution is 2.17. The van der Waals surface area contributed by atoms with E-state index in [1.807, 2.05) is 0 Å². The first-order chi connectivity index (χ1) is 9.95. The minimum Gasteiger partial charge on any atom is -0.478 e. The number of carboxylic acid groups (broad SMARTS) is 1. The SMILES string of the molecule is Cc1cc(C(=O)Nc2ccc(F)c(/C=C/C(=O)O)c2)no1. The van der Waals surface area contributed by atoms with Gasteiger partial charge in [0.15, 0.2) is 5.69 Å². The van der Waals surface area contributed by atoms with E-state index in [9.17, 15) is 14.0 Å². The van der Waals surface area contributed by atoms with Gasteiger partial charge in [-0.15, -0.1) is 0 Å². The average molecular weight is 290 g/mol. The highest BCUT2D eigenvalue weighted by molar-refractivity contribution is 6.03. The van der Waals surface area contributed by atoms with Gasteiger partial charge in [-0.25, -0.2) is 9.18 Å². The quantitative estimate of drug-likeness (QED) is 0.844. The molecular weight excluding hydrogens is 279 g/mol. The fourth-order valence-corrected chi connectivity index (χ4v) is 1.58. The molecule has 0 saturated heterocycles. The van der Waals surface area contributed by atoms with Crippen molar-refractivity contribution in [1.29, 1.82) is 0 Å². The molecule has 1 amide bonds. The molecule has 1 heterocycles. The monoisotopic (exact) mass is 290 g/mol. The molecule has 0 aliphatic rings. The van der Waals surface area contributed by atoms with Crippen molar-refractivity contribution in [2.75, 3.05) is 5.32 Å². The van der Waals surface area contributed by atoms with E-state index in [1.54, 1.807) is 6.92 Å². The van der Waals surface area contributed by atoms with Crippen LogP contribution in [0.2, 0.25) is 0 Å². The van der Waals surface area contributed by atoms with Crippen LogP contribution in [-0.2, 0) is 4.79 Å². The molecule has 1 aromatic heterocycles. The highest BCUT2D eigenvalue weighted by Gasteiger charge is 2.11. The van der Waals surface area contributed by atoms with Crippen LogP contribution in [0.3, 0.4) is 0 Å². The molecule has 0 saturated carbocycles. The molecule has 0 aliphatic carbocycles. The molecule has 2 N–H and O–H groups in total. The summed E-state index contributed by atoms with van der Waals surface area (Å²) in [5.41, 5.74) is 0.457. The molecule has 0 spiro atoms. The topological polar surface area (TPSA) is 92.4 Å². The van der Waals surface area contributed by atoms with Crippen LogP contribution in [0.1, 0.15) is 21.8 Å². The van der Waals surface area contributed by atoms with Crippen LogP contribution in [0.4, 0.5) is 10.1 Å². The molecule has 0 bridgehead atoms. The minimum absolute atomic E-state index is 0.0477. The lowest BCUT2D eigenvalue weighted by Crippen LogP contribution is -2.12. The molecule has 6 nitrogen and oxygen atoms in total. The Morgan fingerprint density at radius 3 is 2.76 bits per heavy atom. The van der Waals surface area contributed by atoms with Crippen molar-refractivity contribution >= 4 is 23.6 Å². The summed E-state index contributed by atoms with van der Waals surface area (Å²) >= 11 is 0. The number of benzene rings is 1. The zero-order valence-corrected chi connectivity index (χ0v) is 11.0. The van der Waals surface area contributed by atoms with Gasteiger partial charge in [-0.05, 0) is 31.2 Å². The maximum atomic E-state index is 13.5. The number of halogens is 1. The summed E-state index contributed by atoms with van der Waals surface area (Å²) in [4.78, 5) is 22.3. The number of carboxylic acids is 1. The summed E-state index contributed by atoms with van der Waals surface area (Å²) in [6.45, 7) is 1.65. The van der Waals surface area contributed by atoms with Gasteiger partial charge < -0.3 is 14.9 Å². The van der Waals surface area contributed by atoms with Crippen LogP contribution in [0.5, 0.6) is 0 Å². The largest absolute Gasteiger partial charge is 0.478 e. The molecule has 21 heavy (non-hydrogen) atoms. The molecular formula is C14H11FN2O4. The van der Waals surface area contributed by atoms with Gasteiger partial charge in [0, 0.05) is 23.4 Å². The number of rotatable bonds is 4. The van der Waals surface area contributed by atoms with Crippen LogP contribution in [-0.4, -0.2) is 22.1 Å². The van der Waals surface area contributed by atoms with Gasteiger partial charge in [0.2, 0.25) is 0 Å². The van der Waals surface area contributed by atoms with Crippen molar-refractivity contribution in [3.8, 4) is 0 Å². The molecule has 1 aromatic carbocycles. The fraction of sp³-hybridized carbons (Fsp3) is 0.0714. The van der Waals surface area contributed by atoms with Crippen molar-refractivity contribution in [2.45, 2.75) is 6.92 Å². The minimum atomic E-state index is -1.19. The molecule has 0 fully saturated rings. The van der Waals surface area contributed by atoms with Gasteiger partial charge in [-0.3, -0.25) is 4.79 Å². The number of nitrogens with one attached hydrogen (secondary N) is 1. The van der Waals surface area contributed by atoms with Crippen LogP contribution in [0.25, 0.3) is 6.08 Å². The zero-order chi connectivity index (χ0) is 15.4. The maximum Gasteiger partial charge on any atom is 0.328 e. The number of anilines is 1. The highest BCUT2D eigenvalue weighted by atomic mass is 19.1. The van der Waals surface area contributed by atoms with Gasteiger partial charge in [0.05, 0.1) is 0 Å². The normalized spacial score (nSPS) is 10.8. The molecule has 0 radical (unpaired) electrons. The number of aryl methyl sites for hydroxylation is 1. The number of carbonyl (C=O) groups excluding carboxylic acids is 1. The summed E-state index contributed by atoms with van der Waals surface area (Å²) in [5, 5.41) is 14.6. The second-order valence-electron chi connectivity index (χ2n) is 4.18. The molecule has 108 valence electrons. The van der Waals surface area contributed by atoms with E-state index in [-0.39, 0.29) is 11.3 Å². The first kappa shape index (κ1) is 14.4. The standard InChI is InChI=1S/C14H11FN2O4/c1-8-6-12(17-21-8)14(20)16-10-3-4-11(15)9(7-10)2-5-13(18)19/h2-7H,1H3,(H,16,20)(H,18,19)/b5-2+. The predicted molar refractivity (Wildman–Crippen MR) is 72.3 cm³/mol. The number of carbonyl (C=O) groups is 2. The molecule has 2 rings (SSSR count). The second-order valence-corrected chi connectivity index (χ2v) is 4.18. The van der Waals surface area contributed by atoms with Gasteiger partial charge in [-0.1, -0.05) is 5.16 Å². The van der Waals surface area contributed by atoms with E-state index >= 15 is 0 Å². The zero-order valence-electron chi connectivity index (χ0n) is 11.0. The molecule has 0 atom stereocenters. The number of nitrogens with zero attached hydrogens (tertiary/aromatic N) is 1. The van der Waals surface area contributed by atoms with E-state index in [0.29, 0.717) is 11.4 Å². The predicted octanol–water partition coefficient (Wildman–Crippen LogP) is 2.47. The summed E-state index contributed by atoms with van der Waals surface area (Å²) in [7, 11) is 0. The van der Waals surface area contributed by atoms with Gasteiger partial charge in [0.25, 0.3) is 5.91 Å². The fourth-order valence-electron chi connectivity index (χ4n) is 1.58. The molecule has 7 heteroatoms. The van der Waals surface area contributed by atoms with Crippen LogP contribution < -0.4 is 5.32 Å². The average Bonchev–Trinajstić information content (AvgIpc) is 2.86. The van der Waals surface area contributed by atoms with Gasteiger partial charge in [-0.2, -0.15) is 0 Å². The van der Waals surface area contributed by atoms with E-state index in [2.05, 4.69) is 10.5 Å². The summed E-state index contributed by atoms with van der Waals surface area (Å²) in [5.74, 6) is -1.80. The number of hydrogen-bond donors (Lipinski definition) is 2. The Kier molecular flexibility index (Phi) is 4.13. The third-order valence-electron chi connectivity index (χ3n) is 2.52. The van der Waals surface area contributed by atoms with Crippen molar-refractivity contribution in [1.82, 2.24) is 5.16 Å². The van der Waals surface area contributed by atoms with E-state index in [0.717, 1.165) is 18.2 Å². The Hall–Kier alpha value is -2.96. The van der Waals surface area contributed by atoms with Gasteiger partial charge in [0.1, 0.15) is 11.6 Å². The Balaban J connectivity index is 2.19. The van der Waals surface area contributed by atoms with E-state index in [4.69, 9.17) is 9.63 Å². The Bertz CT molecular complexity index is 722. The third kappa shape index (κ3) is 3.75. The number of aromatic nitrogens is 1. The smallest absolute Gasteiger partial charge is 0.328 e. The second kappa shape index (κ2) is 6.00. The first-order valence-corrected chi connectivity index (χ1v) is 5.91. The molecule has 0 unspecified atom stereocenters. The van der Waals surface area contributed by atoms with E-state index in [1.165, 1.54) is 18.2 Å². The van der Waals surface area contributed by atoms with Crippen molar-refractivity contribution in [2.24, 2.45) is 0 Å². The molecule has 0 aliphatic heterocycles. The van der Waals surface area contributed by atoms with Crippen LogP contribution in [0, 0.1) is 12.7 Å². The van der Waals surface area contributed by atoms with E-state index < -0.39 is 17.7 Å². The number of hydrogen-bond acceptors (Lipinski definition) is 4. The molecule has 2 aromatic rings. The van der Waals surface area contributed by atoms with Crippen molar-refractivity contribution in [3.63, 3.8) is 0 Å². The number of amides is 1.